The summed E-state index contributed by atoms with van der Waals surface area (Å²) < 4.78 is 0. The molecule has 0 aliphatic rings. The standard InChI is InChI=1S/C23H35N5O7S/c24-11-5-4-8-17(23(34)35)27-22(33)18(12-14-6-2-1-3-7-14)28-21(32)16(9-10-19(29)30)26-20(31)15(25)13-36/h1-3,6-7,15-18,36H,4-5,8-13,24-25H2,(H,26,31)(H,27,33)(H,28,32)(H,29,30)(H,34,35). The Bertz CT molecular complexity index is 887. The summed E-state index contributed by atoms with van der Waals surface area (Å²) in [6.07, 6.45) is 0.586. The minimum absolute atomic E-state index is 0.00112. The van der Waals surface area contributed by atoms with Crippen molar-refractivity contribution in [1.29, 1.82) is 0 Å². The molecule has 4 atom stereocenters. The van der Waals surface area contributed by atoms with Crippen molar-refractivity contribution in [2.75, 3.05) is 12.3 Å². The third-order valence-corrected chi connectivity index (χ3v) is 5.68. The van der Waals surface area contributed by atoms with Gasteiger partial charge in [0, 0.05) is 18.6 Å². The van der Waals surface area contributed by atoms with E-state index in [2.05, 4.69) is 28.6 Å². The lowest BCUT2D eigenvalue weighted by Gasteiger charge is -2.25. The van der Waals surface area contributed by atoms with E-state index in [9.17, 15) is 29.1 Å². The van der Waals surface area contributed by atoms with E-state index in [0.717, 1.165) is 0 Å². The maximum Gasteiger partial charge on any atom is 0.326 e. The third-order valence-electron chi connectivity index (χ3n) is 5.29. The van der Waals surface area contributed by atoms with Crippen molar-refractivity contribution in [1.82, 2.24) is 16.0 Å². The fourth-order valence-corrected chi connectivity index (χ4v) is 3.42. The molecule has 0 spiro atoms. The zero-order chi connectivity index (χ0) is 27.1. The summed E-state index contributed by atoms with van der Waals surface area (Å²) >= 11 is 3.94. The first-order chi connectivity index (χ1) is 17.1. The third kappa shape index (κ3) is 11.5. The number of carboxylic acid groups (broad SMARTS) is 2. The van der Waals surface area contributed by atoms with Gasteiger partial charge in [0.1, 0.15) is 18.1 Å². The first kappa shape index (κ1) is 30.9. The van der Waals surface area contributed by atoms with Gasteiger partial charge < -0.3 is 37.6 Å². The van der Waals surface area contributed by atoms with Gasteiger partial charge in [0.15, 0.2) is 0 Å². The molecule has 0 aromatic heterocycles. The molecule has 200 valence electrons. The van der Waals surface area contributed by atoms with E-state index in [1.54, 1.807) is 30.3 Å². The van der Waals surface area contributed by atoms with Crippen LogP contribution in [0.15, 0.2) is 30.3 Å². The molecule has 3 amide bonds. The number of hydrogen-bond acceptors (Lipinski definition) is 8. The van der Waals surface area contributed by atoms with Crippen molar-refractivity contribution in [2.24, 2.45) is 11.5 Å². The molecule has 0 fully saturated rings. The molecule has 9 N–H and O–H groups in total. The predicted molar refractivity (Wildman–Crippen MR) is 135 cm³/mol. The lowest BCUT2D eigenvalue weighted by atomic mass is 10.0. The molecule has 1 aromatic rings. The average Bonchev–Trinajstić information content (AvgIpc) is 2.85. The Balaban J connectivity index is 3.10. The lowest BCUT2D eigenvalue weighted by molar-refractivity contribution is -0.142. The zero-order valence-corrected chi connectivity index (χ0v) is 20.8. The summed E-state index contributed by atoms with van der Waals surface area (Å²) in [7, 11) is 0. The van der Waals surface area contributed by atoms with Crippen LogP contribution in [0.2, 0.25) is 0 Å². The highest BCUT2D eigenvalue weighted by Crippen LogP contribution is 2.08. The van der Waals surface area contributed by atoms with Gasteiger partial charge in [0.2, 0.25) is 17.7 Å². The number of hydrogen-bond donors (Lipinski definition) is 8. The first-order valence-electron chi connectivity index (χ1n) is 11.5. The van der Waals surface area contributed by atoms with Crippen molar-refractivity contribution < 1.29 is 34.2 Å². The second-order valence-electron chi connectivity index (χ2n) is 8.22. The quantitative estimate of drug-likeness (QED) is 0.0925. The maximum absolute atomic E-state index is 13.1. The van der Waals surface area contributed by atoms with E-state index >= 15 is 0 Å². The van der Waals surface area contributed by atoms with Crippen molar-refractivity contribution >= 4 is 42.3 Å². The number of aliphatic carboxylic acids is 2. The van der Waals surface area contributed by atoms with E-state index in [-0.39, 0.29) is 25.0 Å². The maximum atomic E-state index is 13.1. The Labute approximate surface area is 215 Å². The number of carbonyl (C=O) groups excluding carboxylic acids is 3. The van der Waals surface area contributed by atoms with Crippen LogP contribution in [0.3, 0.4) is 0 Å². The molecule has 0 aliphatic carbocycles. The highest BCUT2D eigenvalue weighted by Gasteiger charge is 2.30. The molecule has 0 saturated heterocycles. The largest absolute Gasteiger partial charge is 0.481 e. The van der Waals surface area contributed by atoms with Crippen molar-refractivity contribution in [3.8, 4) is 0 Å². The van der Waals surface area contributed by atoms with Gasteiger partial charge in [0.05, 0.1) is 6.04 Å². The van der Waals surface area contributed by atoms with Gasteiger partial charge in [-0.05, 0) is 37.8 Å². The van der Waals surface area contributed by atoms with Crippen LogP contribution in [0.4, 0.5) is 0 Å². The van der Waals surface area contributed by atoms with Crippen LogP contribution in [0.5, 0.6) is 0 Å². The van der Waals surface area contributed by atoms with Crippen LogP contribution < -0.4 is 27.4 Å². The van der Waals surface area contributed by atoms with E-state index in [1.165, 1.54) is 0 Å². The number of carboxylic acids is 2. The Kier molecular flexibility index (Phi) is 14.1. The van der Waals surface area contributed by atoms with Crippen molar-refractivity contribution in [3.63, 3.8) is 0 Å². The fourth-order valence-electron chi connectivity index (χ4n) is 3.25. The molecule has 12 nitrogen and oxygen atoms in total. The Hall–Kier alpha value is -3.16. The Morgan fingerprint density at radius 2 is 1.42 bits per heavy atom. The Morgan fingerprint density at radius 1 is 0.833 bits per heavy atom. The predicted octanol–water partition coefficient (Wildman–Crippen LogP) is -0.981. The van der Waals surface area contributed by atoms with Crippen LogP contribution in [-0.2, 0) is 30.4 Å². The highest BCUT2D eigenvalue weighted by atomic mass is 32.1. The summed E-state index contributed by atoms with van der Waals surface area (Å²) in [5.41, 5.74) is 11.8. The van der Waals surface area contributed by atoms with E-state index in [1.807, 2.05) is 0 Å². The van der Waals surface area contributed by atoms with E-state index in [0.29, 0.717) is 24.9 Å². The number of unbranched alkanes of at least 4 members (excludes halogenated alkanes) is 1. The van der Waals surface area contributed by atoms with E-state index in [4.69, 9.17) is 16.6 Å². The molecular formula is C23H35N5O7S. The summed E-state index contributed by atoms with van der Waals surface area (Å²) in [5.74, 6) is -4.65. The smallest absolute Gasteiger partial charge is 0.326 e. The van der Waals surface area contributed by atoms with Gasteiger partial charge in [-0.3, -0.25) is 19.2 Å². The Morgan fingerprint density at radius 3 is 1.97 bits per heavy atom. The summed E-state index contributed by atoms with van der Waals surface area (Å²) in [6, 6.07) is 4.04. The average molecular weight is 526 g/mol. The molecule has 0 radical (unpaired) electrons. The van der Waals surface area contributed by atoms with Crippen LogP contribution in [0.1, 0.15) is 37.7 Å². The summed E-state index contributed by atoms with van der Waals surface area (Å²) in [5, 5.41) is 25.9. The number of thiol groups is 1. The summed E-state index contributed by atoms with van der Waals surface area (Å²) in [6.45, 7) is 0.382. The number of carbonyl (C=O) groups is 5. The van der Waals surface area contributed by atoms with Gasteiger partial charge in [-0.15, -0.1) is 0 Å². The van der Waals surface area contributed by atoms with Crippen LogP contribution in [0, 0.1) is 0 Å². The van der Waals surface area contributed by atoms with E-state index < -0.39 is 60.2 Å². The molecule has 0 bridgehead atoms. The normalized spacial score (nSPS) is 14.1. The molecule has 13 heteroatoms. The minimum atomic E-state index is -1.29. The van der Waals surface area contributed by atoms with Gasteiger partial charge in [-0.25, -0.2) is 4.79 Å². The summed E-state index contributed by atoms with van der Waals surface area (Å²) in [4.78, 5) is 61.1. The lowest BCUT2D eigenvalue weighted by Crippen LogP contribution is -2.57. The fraction of sp³-hybridized carbons (Fsp3) is 0.522. The second kappa shape index (κ2) is 16.5. The molecule has 0 aliphatic heterocycles. The monoisotopic (exact) mass is 525 g/mol. The number of rotatable bonds is 17. The topological polar surface area (TPSA) is 214 Å². The number of nitrogens with two attached hydrogens (primary N) is 2. The van der Waals surface area contributed by atoms with Crippen LogP contribution in [0.25, 0.3) is 0 Å². The van der Waals surface area contributed by atoms with Gasteiger partial charge in [0.25, 0.3) is 0 Å². The van der Waals surface area contributed by atoms with Gasteiger partial charge in [-0.1, -0.05) is 30.3 Å². The SMILES string of the molecule is NCCCCC(NC(=O)C(Cc1ccccc1)NC(=O)C(CCC(=O)O)NC(=O)C(N)CS)C(=O)O. The molecule has 36 heavy (non-hydrogen) atoms. The second-order valence-corrected chi connectivity index (χ2v) is 8.58. The molecular weight excluding hydrogens is 490 g/mol. The molecule has 1 aromatic carbocycles. The molecule has 0 heterocycles. The molecule has 4 unspecified atom stereocenters. The van der Waals surface area contributed by atoms with Crippen molar-refractivity contribution in [2.45, 2.75) is 62.7 Å². The number of amides is 3. The molecule has 0 saturated carbocycles. The number of benzene rings is 1. The van der Waals surface area contributed by atoms with Crippen LogP contribution in [-0.4, -0.2) is 76.3 Å². The minimum Gasteiger partial charge on any atom is -0.481 e. The molecule has 1 rings (SSSR count). The highest BCUT2D eigenvalue weighted by molar-refractivity contribution is 7.80. The first-order valence-corrected chi connectivity index (χ1v) is 12.2. The number of nitrogens with one attached hydrogen (secondary N) is 3. The van der Waals surface area contributed by atoms with Crippen molar-refractivity contribution in [3.05, 3.63) is 35.9 Å². The van der Waals surface area contributed by atoms with Gasteiger partial charge in [-0.2, -0.15) is 12.6 Å². The van der Waals surface area contributed by atoms with Gasteiger partial charge >= 0.3 is 11.9 Å². The van der Waals surface area contributed by atoms with Crippen LogP contribution >= 0.6 is 12.6 Å². The zero-order valence-electron chi connectivity index (χ0n) is 19.9.